The zero-order chi connectivity index (χ0) is 14.1. The molecule has 1 N–H and O–H groups in total. The number of carboxylic acids is 1. The van der Waals surface area contributed by atoms with Gasteiger partial charge in [-0.2, -0.15) is 0 Å². The predicted molar refractivity (Wildman–Crippen MR) is 78.6 cm³/mol. The van der Waals surface area contributed by atoms with Crippen molar-refractivity contribution in [2.45, 2.75) is 31.6 Å². The molecule has 3 rings (SSSR count). The molecule has 1 heterocycles. The molecule has 1 aliphatic carbocycles. The molecule has 0 radical (unpaired) electrons. The first-order valence-electron chi connectivity index (χ1n) is 7.02. The number of nitrogens with zero attached hydrogens (tertiary/aromatic N) is 2. The van der Waals surface area contributed by atoms with Gasteiger partial charge in [-0.25, -0.2) is 9.78 Å². The van der Waals surface area contributed by atoms with E-state index in [2.05, 4.69) is 11.6 Å². The van der Waals surface area contributed by atoms with Crippen molar-refractivity contribution in [2.24, 2.45) is 7.05 Å². The second-order valence-corrected chi connectivity index (χ2v) is 5.43. The molecule has 0 unspecified atom stereocenters. The number of fused-ring (bicyclic) bond motifs is 1. The van der Waals surface area contributed by atoms with Gasteiger partial charge in [0.1, 0.15) is 5.82 Å². The summed E-state index contributed by atoms with van der Waals surface area (Å²) in [7, 11) is 2.07. The van der Waals surface area contributed by atoms with E-state index in [4.69, 9.17) is 10.1 Å². The number of aliphatic carboxylic acids is 1. The summed E-state index contributed by atoms with van der Waals surface area (Å²) >= 11 is 0. The van der Waals surface area contributed by atoms with Crippen LogP contribution in [0.2, 0.25) is 0 Å². The van der Waals surface area contributed by atoms with Crippen LogP contribution in [0.25, 0.3) is 17.1 Å². The summed E-state index contributed by atoms with van der Waals surface area (Å²) < 4.78 is 2.18. The number of imidazole rings is 1. The lowest BCUT2D eigenvalue weighted by Crippen LogP contribution is -2.02. The minimum Gasteiger partial charge on any atom is -0.478 e. The van der Waals surface area contributed by atoms with Crippen LogP contribution in [0.4, 0.5) is 0 Å². The minimum absolute atomic E-state index is 0.574. The van der Waals surface area contributed by atoms with Crippen molar-refractivity contribution in [1.29, 1.82) is 0 Å². The van der Waals surface area contributed by atoms with Crippen molar-refractivity contribution in [3.05, 3.63) is 35.7 Å². The van der Waals surface area contributed by atoms with Crippen molar-refractivity contribution in [1.82, 2.24) is 9.55 Å². The number of carbonyl (C=O) groups is 1. The van der Waals surface area contributed by atoms with E-state index in [1.54, 1.807) is 6.08 Å². The number of carboxylic acid groups (broad SMARTS) is 1. The Labute approximate surface area is 117 Å². The topological polar surface area (TPSA) is 55.1 Å². The van der Waals surface area contributed by atoms with E-state index in [1.165, 1.54) is 25.7 Å². The highest BCUT2D eigenvalue weighted by Gasteiger charge is 2.22. The number of rotatable bonds is 3. The largest absolute Gasteiger partial charge is 0.478 e. The molecule has 0 aliphatic heterocycles. The maximum absolute atomic E-state index is 10.6. The fourth-order valence-corrected chi connectivity index (χ4v) is 3.06. The summed E-state index contributed by atoms with van der Waals surface area (Å²) in [5.74, 6) is 0.806. The first-order chi connectivity index (χ1) is 9.65. The maximum Gasteiger partial charge on any atom is 0.328 e. The van der Waals surface area contributed by atoms with Crippen LogP contribution >= 0.6 is 0 Å². The van der Waals surface area contributed by atoms with E-state index < -0.39 is 5.97 Å². The van der Waals surface area contributed by atoms with Crippen LogP contribution < -0.4 is 0 Å². The summed E-state index contributed by atoms with van der Waals surface area (Å²) in [5, 5.41) is 8.67. The molecule has 4 heteroatoms. The molecule has 104 valence electrons. The second kappa shape index (κ2) is 5.12. The lowest BCUT2D eigenvalue weighted by atomic mass is 10.1. The lowest BCUT2D eigenvalue weighted by Gasteiger charge is -2.08. The molecule has 1 aliphatic rings. The third-order valence-electron chi connectivity index (χ3n) is 4.08. The molecule has 1 saturated carbocycles. The van der Waals surface area contributed by atoms with Crippen LogP contribution in [0.1, 0.15) is 43.0 Å². The summed E-state index contributed by atoms with van der Waals surface area (Å²) in [6.45, 7) is 0. The van der Waals surface area contributed by atoms with Gasteiger partial charge in [0.25, 0.3) is 0 Å². The molecule has 20 heavy (non-hydrogen) atoms. The summed E-state index contributed by atoms with van der Waals surface area (Å²) in [6.07, 6.45) is 7.79. The molecule has 4 nitrogen and oxygen atoms in total. The monoisotopic (exact) mass is 270 g/mol. The number of hydrogen-bond donors (Lipinski definition) is 1. The average molecular weight is 270 g/mol. The molecular formula is C16H18N2O2. The summed E-state index contributed by atoms with van der Waals surface area (Å²) in [6, 6.07) is 5.90. The summed E-state index contributed by atoms with van der Waals surface area (Å²) in [5.41, 5.74) is 2.93. The molecule has 0 spiro atoms. The highest BCUT2D eigenvalue weighted by Crippen LogP contribution is 2.34. The first kappa shape index (κ1) is 12.9. The Morgan fingerprint density at radius 1 is 1.40 bits per heavy atom. The molecule has 2 aromatic rings. The molecule has 0 bridgehead atoms. The lowest BCUT2D eigenvalue weighted by molar-refractivity contribution is -0.131. The van der Waals surface area contributed by atoms with Gasteiger partial charge in [0.2, 0.25) is 0 Å². The standard InChI is InChI=1S/C16H18N2O2/c1-18-14-8-6-11(7-9-15(19)20)10-13(14)17-16(18)12-4-2-3-5-12/h6-10,12H,2-5H2,1H3,(H,19,20)/b9-7+. The smallest absolute Gasteiger partial charge is 0.328 e. The van der Waals surface area contributed by atoms with Crippen LogP contribution in [0.3, 0.4) is 0 Å². The molecule has 1 fully saturated rings. The minimum atomic E-state index is -0.933. The van der Waals surface area contributed by atoms with Gasteiger partial charge in [-0.15, -0.1) is 0 Å². The van der Waals surface area contributed by atoms with Gasteiger partial charge in [-0.1, -0.05) is 18.9 Å². The van der Waals surface area contributed by atoms with Gasteiger partial charge >= 0.3 is 5.97 Å². The SMILES string of the molecule is Cn1c(C2CCCC2)nc2cc(/C=C/C(=O)O)ccc21. The Bertz CT molecular complexity index is 679. The van der Waals surface area contributed by atoms with E-state index in [1.807, 2.05) is 18.2 Å². The van der Waals surface area contributed by atoms with Crippen molar-refractivity contribution in [3.8, 4) is 0 Å². The van der Waals surface area contributed by atoms with Gasteiger partial charge < -0.3 is 9.67 Å². The van der Waals surface area contributed by atoms with Crippen LogP contribution in [0.5, 0.6) is 0 Å². The third kappa shape index (κ3) is 2.33. The van der Waals surface area contributed by atoms with E-state index in [-0.39, 0.29) is 0 Å². The number of aryl methyl sites for hydroxylation is 1. The predicted octanol–water partition coefficient (Wildman–Crippen LogP) is 3.33. The summed E-state index contributed by atoms with van der Waals surface area (Å²) in [4.78, 5) is 15.3. The van der Waals surface area contributed by atoms with Crippen molar-refractivity contribution < 1.29 is 9.90 Å². The fourth-order valence-electron chi connectivity index (χ4n) is 3.06. The number of hydrogen-bond acceptors (Lipinski definition) is 2. The quantitative estimate of drug-likeness (QED) is 0.870. The average Bonchev–Trinajstić information content (AvgIpc) is 3.04. The highest BCUT2D eigenvalue weighted by molar-refractivity contribution is 5.87. The van der Waals surface area contributed by atoms with Crippen LogP contribution in [0.15, 0.2) is 24.3 Å². The highest BCUT2D eigenvalue weighted by atomic mass is 16.4. The van der Waals surface area contributed by atoms with Gasteiger partial charge in [0.15, 0.2) is 0 Å². The zero-order valence-corrected chi connectivity index (χ0v) is 11.5. The molecular weight excluding hydrogens is 252 g/mol. The van der Waals surface area contributed by atoms with Gasteiger partial charge in [0, 0.05) is 19.0 Å². The molecule has 1 aromatic carbocycles. The Hall–Kier alpha value is -2.10. The molecule has 0 amide bonds. The Morgan fingerprint density at radius 2 is 2.15 bits per heavy atom. The van der Waals surface area contributed by atoms with E-state index in [0.29, 0.717) is 5.92 Å². The van der Waals surface area contributed by atoms with Crippen molar-refractivity contribution >= 4 is 23.1 Å². The zero-order valence-electron chi connectivity index (χ0n) is 11.5. The fraction of sp³-hybridized carbons (Fsp3) is 0.375. The number of aromatic nitrogens is 2. The van der Waals surface area contributed by atoms with E-state index in [0.717, 1.165) is 28.5 Å². The first-order valence-corrected chi connectivity index (χ1v) is 7.02. The van der Waals surface area contributed by atoms with Crippen LogP contribution in [0, 0.1) is 0 Å². The van der Waals surface area contributed by atoms with Gasteiger partial charge in [0.05, 0.1) is 11.0 Å². The maximum atomic E-state index is 10.6. The van der Waals surface area contributed by atoms with Gasteiger partial charge in [-0.3, -0.25) is 0 Å². The number of benzene rings is 1. The van der Waals surface area contributed by atoms with E-state index >= 15 is 0 Å². The van der Waals surface area contributed by atoms with Gasteiger partial charge in [-0.05, 0) is 36.6 Å². The molecule has 0 atom stereocenters. The normalized spacial score (nSPS) is 16.4. The Balaban J connectivity index is 2.00. The Kier molecular flexibility index (Phi) is 3.30. The van der Waals surface area contributed by atoms with Crippen molar-refractivity contribution in [3.63, 3.8) is 0 Å². The Morgan fingerprint density at radius 3 is 2.85 bits per heavy atom. The van der Waals surface area contributed by atoms with E-state index in [9.17, 15) is 4.79 Å². The third-order valence-corrected chi connectivity index (χ3v) is 4.08. The van der Waals surface area contributed by atoms with Crippen LogP contribution in [-0.2, 0) is 11.8 Å². The molecule has 1 aromatic heterocycles. The van der Waals surface area contributed by atoms with Crippen molar-refractivity contribution in [2.75, 3.05) is 0 Å². The second-order valence-electron chi connectivity index (χ2n) is 5.43. The molecule has 0 saturated heterocycles. The van der Waals surface area contributed by atoms with Crippen LogP contribution in [-0.4, -0.2) is 20.6 Å².